The zero-order valence-electron chi connectivity index (χ0n) is 15.3. The van der Waals surface area contributed by atoms with Crippen LogP contribution in [0.2, 0.25) is 0 Å². The number of alkyl halides is 2. The number of hydrogen-bond acceptors (Lipinski definition) is 4. The first kappa shape index (κ1) is 20.6. The van der Waals surface area contributed by atoms with Gasteiger partial charge in [0.15, 0.2) is 11.5 Å². The van der Waals surface area contributed by atoms with Crippen molar-refractivity contribution in [2.75, 3.05) is 26.0 Å². The number of methoxy groups -OCH3 is 1. The maximum atomic E-state index is 13.5. The number of carbonyl (C=O) groups excluding carboxylic acids is 1. The smallest absolute Gasteiger partial charge is 0.387 e. The van der Waals surface area contributed by atoms with Crippen LogP contribution >= 0.6 is 0 Å². The molecule has 0 heterocycles. The molecule has 0 radical (unpaired) electrons. The van der Waals surface area contributed by atoms with Crippen LogP contribution in [-0.4, -0.2) is 38.1 Å². The Hall–Kier alpha value is -2.74. The van der Waals surface area contributed by atoms with E-state index in [4.69, 9.17) is 4.74 Å². The number of carbonyl (C=O) groups is 1. The molecule has 0 unspecified atom stereocenters. The van der Waals surface area contributed by atoms with E-state index in [2.05, 4.69) is 10.1 Å². The van der Waals surface area contributed by atoms with E-state index < -0.39 is 6.61 Å². The van der Waals surface area contributed by atoms with Gasteiger partial charge in [0.1, 0.15) is 5.82 Å². The third-order valence-electron chi connectivity index (χ3n) is 3.77. The molecule has 8 heteroatoms. The Bertz CT molecular complexity index is 800. The molecule has 0 saturated heterocycles. The highest BCUT2D eigenvalue weighted by atomic mass is 19.3. The van der Waals surface area contributed by atoms with E-state index in [9.17, 15) is 18.0 Å². The molecule has 0 bridgehead atoms. The number of aryl methyl sites for hydroxylation is 1. The van der Waals surface area contributed by atoms with E-state index in [0.29, 0.717) is 17.8 Å². The lowest BCUT2D eigenvalue weighted by molar-refractivity contribution is -0.117. The van der Waals surface area contributed by atoms with Crippen LogP contribution < -0.4 is 14.8 Å². The van der Waals surface area contributed by atoms with E-state index in [-0.39, 0.29) is 29.8 Å². The molecular weight excluding hydrogens is 361 g/mol. The van der Waals surface area contributed by atoms with E-state index in [0.717, 1.165) is 5.56 Å². The number of nitrogens with zero attached hydrogens (tertiary/aromatic N) is 1. The van der Waals surface area contributed by atoms with Gasteiger partial charge >= 0.3 is 6.61 Å². The summed E-state index contributed by atoms with van der Waals surface area (Å²) in [5.41, 5.74) is 1.63. The van der Waals surface area contributed by atoms with Gasteiger partial charge in [-0.25, -0.2) is 4.39 Å². The summed E-state index contributed by atoms with van der Waals surface area (Å²) in [6.07, 6.45) is 0. The van der Waals surface area contributed by atoms with E-state index in [1.807, 2.05) is 0 Å². The number of halogens is 3. The van der Waals surface area contributed by atoms with Crippen molar-refractivity contribution in [3.8, 4) is 11.5 Å². The Kier molecular flexibility index (Phi) is 7.06. The van der Waals surface area contributed by atoms with Gasteiger partial charge in [-0.1, -0.05) is 12.1 Å². The molecule has 0 aliphatic carbocycles. The number of anilines is 1. The predicted molar refractivity (Wildman–Crippen MR) is 95.7 cm³/mol. The topological polar surface area (TPSA) is 50.8 Å². The molecule has 0 aromatic heterocycles. The number of hydrogen-bond donors (Lipinski definition) is 1. The fraction of sp³-hybridized carbons (Fsp3) is 0.316. The molecule has 146 valence electrons. The molecule has 2 aromatic rings. The summed E-state index contributed by atoms with van der Waals surface area (Å²) in [4.78, 5) is 13.8. The Balaban J connectivity index is 1.95. The number of nitrogens with one attached hydrogen (secondary N) is 1. The largest absolute Gasteiger partial charge is 0.493 e. The van der Waals surface area contributed by atoms with E-state index in [1.54, 1.807) is 43.1 Å². The third-order valence-corrected chi connectivity index (χ3v) is 3.77. The molecular formula is C19H21F3N2O3. The van der Waals surface area contributed by atoms with Gasteiger partial charge in [0, 0.05) is 12.2 Å². The summed E-state index contributed by atoms with van der Waals surface area (Å²) in [5, 5.41) is 2.63. The average molecular weight is 382 g/mol. The van der Waals surface area contributed by atoms with Crippen molar-refractivity contribution in [3.05, 3.63) is 53.3 Å². The summed E-state index contributed by atoms with van der Waals surface area (Å²) >= 11 is 0. The molecule has 1 N–H and O–H groups in total. The van der Waals surface area contributed by atoms with Gasteiger partial charge < -0.3 is 14.8 Å². The highest BCUT2D eigenvalue weighted by molar-refractivity contribution is 5.92. The second-order valence-corrected chi connectivity index (χ2v) is 6.05. The van der Waals surface area contributed by atoms with Crippen molar-refractivity contribution in [3.63, 3.8) is 0 Å². The summed E-state index contributed by atoms with van der Waals surface area (Å²) in [5.74, 6) is -0.566. The zero-order valence-corrected chi connectivity index (χ0v) is 15.3. The van der Waals surface area contributed by atoms with Crippen LogP contribution in [0.5, 0.6) is 11.5 Å². The van der Waals surface area contributed by atoms with E-state index >= 15 is 0 Å². The second kappa shape index (κ2) is 9.27. The van der Waals surface area contributed by atoms with Gasteiger partial charge in [0.25, 0.3) is 0 Å². The van der Waals surface area contributed by atoms with Gasteiger partial charge in [-0.05, 0) is 49.4 Å². The maximum absolute atomic E-state index is 13.5. The molecule has 0 spiro atoms. The van der Waals surface area contributed by atoms with Crippen LogP contribution in [-0.2, 0) is 11.3 Å². The summed E-state index contributed by atoms with van der Waals surface area (Å²) in [6, 6.07) is 9.06. The number of amides is 1. The molecule has 0 aliphatic heterocycles. The van der Waals surface area contributed by atoms with Crippen molar-refractivity contribution in [1.29, 1.82) is 0 Å². The number of rotatable bonds is 8. The quantitative estimate of drug-likeness (QED) is 0.754. The van der Waals surface area contributed by atoms with Crippen LogP contribution in [0, 0.1) is 12.7 Å². The molecule has 5 nitrogen and oxygen atoms in total. The first-order valence-electron chi connectivity index (χ1n) is 8.14. The Morgan fingerprint density at radius 2 is 1.93 bits per heavy atom. The van der Waals surface area contributed by atoms with Crippen LogP contribution in [0.3, 0.4) is 0 Å². The standard InChI is InChI=1S/C19H21F3N2O3/c1-12-4-6-14(9-15(12)20)23-18(25)11-24(2)10-13-5-7-16(27-19(21)22)17(8-13)26-3/h4-9,19H,10-11H2,1-3H3,(H,23,25). The van der Waals surface area contributed by atoms with Crippen molar-refractivity contribution in [2.24, 2.45) is 0 Å². The molecule has 2 rings (SSSR count). The molecule has 0 saturated carbocycles. The SMILES string of the molecule is COc1cc(CN(C)CC(=O)Nc2ccc(C)c(F)c2)ccc1OC(F)F. The molecule has 1 amide bonds. The van der Waals surface area contributed by atoms with Gasteiger partial charge in [-0.2, -0.15) is 8.78 Å². The predicted octanol–water partition coefficient (Wildman–Crippen LogP) is 3.81. The maximum Gasteiger partial charge on any atom is 0.387 e. The lowest BCUT2D eigenvalue weighted by atomic mass is 10.2. The van der Waals surface area contributed by atoms with Crippen molar-refractivity contribution in [2.45, 2.75) is 20.1 Å². The number of likely N-dealkylation sites (N-methyl/N-ethyl adjacent to an activating group) is 1. The Labute approximate surface area is 155 Å². The minimum absolute atomic E-state index is 0.0574. The number of ether oxygens (including phenoxy) is 2. The molecule has 0 fully saturated rings. The van der Waals surface area contributed by atoms with Gasteiger partial charge in [0.05, 0.1) is 13.7 Å². The summed E-state index contributed by atoms with van der Waals surface area (Å²) in [6.45, 7) is -0.864. The molecule has 27 heavy (non-hydrogen) atoms. The molecule has 0 aliphatic rings. The van der Waals surface area contributed by atoms with Crippen LogP contribution in [0.1, 0.15) is 11.1 Å². The fourth-order valence-corrected chi connectivity index (χ4v) is 2.49. The van der Waals surface area contributed by atoms with E-state index in [1.165, 1.54) is 19.2 Å². The lowest BCUT2D eigenvalue weighted by Crippen LogP contribution is -2.29. The minimum atomic E-state index is -2.94. The van der Waals surface area contributed by atoms with Gasteiger partial charge in [-0.15, -0.1) is 0 Å². The van der Waals surface area contributed by atoms with Crippen LogP contribution in [0.25, 0.3) is 0 Å². The van der Waals surface area contributed by atoms with Crippen molar-refractivity contribution >= 4 is 11.6 Å². The third kappa shape index (κ3) is 6.18. The highest BCUT2D eigenvalue weighted by Gasteiger charge is 2.13. The van der Waals surface area contributed by atoms with Gasteiger partial charge in [0.2, 0.25) is 5.91 Å². The monoisotopic (exact) mass is 382 g/mol. The normalized spacial score (nSPS) is 11.0. The average Bonchev–Trinajstić information content (AvgIpc) is 2.58. The molecule has 0 atom stereocenters. The zero-order chi connectivity index (χ0) is 20.0. The minimum Gasteiger partial charge on any atom is -0.493 e. The van der Waals surface area contributed by atoms with Crippen molar-refractivity contribution in [1.82, 2.24) is 4.90 Å². The van der Waals surface area contributed by atoms with Crippen LogP contribution in [0.4, 0.5) is 18.9 Å². The summed E-state index contributed by atoms with van der Waals surface area (Å²) < 4.78 is 47.7. The van der Waals surface area contributed by atoms with Crippen molar-refractivity contribution < 1.29 is 27.4 Å². The Morgan fingerprint density at radius 1 is 1.19 bits per heavy atom. The lowest BCUT2D eigenvalue weighted by Gasteiger charge is -2.18. The highest BCUT2D eigenvalue weighted by Crippen LogP contribution is 2.29. The molecule has 2 aromatic carbocycles. The fourth-order valence-electron chi connectivity index (χ4n) is 2.49. The first-order chi connectivity index (χ1) is 12.8. The summed E-state index contributed by atoms with van der Waals surface area (Å²) in [7, 11) is 3.08. The Morgan fingerprint density at radius 3 is 2.56 bits per heavy atom. The van der Waals surface area contributed by atoms with Crippen LogP contribution in [0.15, 0.2) is 36.4 Å². The first-order valence-corrected chi connectivity index (χ1v) is 8.14. The van der Waals surface area contributed by atoms with Gasteiger partial charge in [-0.3, -0.25) is 9.69 Å². The second-order valence-electron chi connectivity index (χ2n) is 6.05. The number of benzene rings is 2.